The Balaban J connectivity index is 2.06. The standard InChI is InChI=1S/C12H14ClN3O2S/c1-18-8(6-14)5-11(17)16-12-15-9-3-2-7(13)4-10(9)19-12/h2-4,8H,5-6,14H2,1H3,(H,15,16,17). The van der Waals surface area contributed by atoms with E-state index < -0.39 is 0 Å². The molecule has 2 rings (SSSR count). The van der Waals surface area contributed by atoms with Gasteiger partial charge in [0.2, 0.25) is 5.91 Å². The third-order valence-corrected chi connectivity index (χ3v) is 3.77. The van der Waals surface area contributed by atoms with Crippen LogP contribution in [0.2, 0.25) is 5.02 Å². The first-order valence-electron chi connectivity index (χ1n) is 5.71. The third-order valence-electron chi connectivity index (χ3n) is 2.61. The lowest BCUT2D eigenvalue weighted by Crippen LogP contribution is -2.28. The zero-order valence-corrected chi connectivity index (χ0v) is 11.9. The van der Waals surface area contributed by atoms with Gasteiger partial charge in [-0.2, -0.15) is 0 Å². The highest BCUT2D eigenvalue weighted by Crippen LogP contribution is 2.28. The van der Waals surface area contributed by atoms with E-state index >= 15 is 0 Å². The number of hydrogen-bond acceptors (Lipinski definition) is 5. The molecule has 0 saturated heterocycles. The fraction of sp³-hybridized carbons (Fsp3) is 0.333. The minimum absolute atomic E-state index is 0.164. The number of carbonyl (C=O) groups is 1. The smallest absolute Gasteiger partial charge is 0.228 e. The summed E-state index contributed by atoms with van der Waals surface area (Å²) >= 11 is 7.28. The Morgan fingerprint density at radius 2 is 2.42 bits per heavy atom. The van der Waals surface area contributed by atoms with Crippen molar-refractivity contribution in [3.05, 3.63) is 23.2 Å². The number of nitrogens with one attached hydrogen (secondary N) is 1. The number of methoxy groups -OCH3 is 1. The minimum atomic E-state index is -0.274. The Morgan fingerprint density at radius 3 is 3.11 bits per heavy atom. The fourth-order valence-electron chi connectivity index (χ4n) is 1.59. The van der Waals surface area contributed by atoms with Crippen molar-refractivity contribution in [3.63, 3.8) is 0 Å². The molecule has 0 fully saturated rings. The third kappa shape index (κ3) is 3.63. The van der Waals surface area contributed by atoms with Crippen LogP contribution in [0.5, 0.6) is 0 Å². The zero-order chi connectivity index (χ0) is 13.8. The van der Waals surface area contributed by atoms with Crippen molar-refractivity contribution in [1.29, 1.82) is 0 Å². The van der Waals surface area contributed by atoms with Gasteiger partial charge in [0.15, 0.2) is 5.13 Å². The Bertz CT molecular complexity index is 583. The molecule has 7 heteroatoms. The second-order valence-corrected chi connectivity index (χ2v) is 5.44. The summed E-state index contributed by atoms with van der Waals surface area (Å²) in [7, 11) is 1.53. The normalized spacial score (nSPS) is 12.6. The number of aromatic nitrogens is 1. The highest BCUT2D eigenvalue weighted by atomic mass is 35.5. The van der Waals surface area contributed by atoms with Gasteiger partial charge in [-0.05, 0) is 18.2 Å². The number of rotatable bonds is 5. The molecule has 19 heavy (non-hydrogen) atoms. The number of nitrogens with zero attached hydrogens (tertiary/aromatic N) is 1. The van der Waals surface area contributed by atoms with E-state index in [1.165, 1.54) is 18.4 Å². The summed E-state index contributed by atoms with van der Waals surface area (Å²) in [5.41, 5.74) is 6.28. The van der Waals surface area contributed by atoms with Gasteiger partial charge < -0.3 is 15.8 Å². The SMILES string of the molecule is COC(CN)CC(=O)Nc1nc2ccc(Cl)cc2s1. The summed E-state index contributed by atoms with van der Waals surface area (Å²) in [5.74, 6) is -0.164. The van der Waals surface area contributed by atoms with Gasteiger partial charge >= 0.3 is 0 Å². The number of halogens is 1. The number of hydrogen-bond donors (Lipinski definition) is 2. The van der Waals surface area contributed by atoms with E-state index in [0.29, 0.717) is 16.7 Å². The maximum absolute atomic E-state index is 11.8. The van der Waals surface area contributed by atoms with Crippen molar-refractivity contribution in [2.75, 3.05) is 19.0 Å². The molecule has 1 atom stereocenters. The average molecular weight is 300 g/mol. The number of ether oxygens (including phenoxy) is 1. The van der Waals surface area contributed by atoms with Crippen LogP contribution < -0.4 is 11.1 Å². The second-order valence-electron chi connectivity index (χ2n) is 3.98. The number of amides is 1. The number of thiazole rings is 1. The number of fused-ring (bicyclic) bond motifs is 1. The lowest BCUT2D eigenvalue weighted by molar-refractivity contribution is -0.118. The van der Waals surface area contributed by atoms with Gasteiger partial charge in [0.1, 0.15) is 0 Å². The largest absolute Gasteiger partial charge is 0.380 e. The second kappa shape index (κ2) is 6.29. The van der Waals surface area contributed by atoms with Crippen LogP contribution in [-0.2, 0) is 9.53 Å². The van der Waals surface area contributed by atoms with E-state index in [9.17, 15) is 4.79 Å². The Kier molecular flexibility index (Phi) is 4.71. The summed E-state index contributed by atoms with van der Waals surface area (Å²) in [6.07, 6.45) is -0.0623. The van der Waals surface area contributed by atoms with Gasteiger partial charge in [-0.25, -0.2) is 4.98 Å². The van der Waals surface area contributed by atoms with Gasteiger partial charge in [0, 0.05) is 18.7 Å². The molecular formula is C12H14ClN3O2S. The molecule has 0 aliphatic heterocycles. The zero-order valence-electron chi connectivity index (χ0n) is 10.4. The molecule has 0 aliphatic carbocycles. The maximum Gasteiger partial charge on any atom is 0.228 e. The lowest BCUT2D eigenvalue weighted by Gasteiger charge is -2.11. The molecule has 102 valence electrons. The topological polar surface area (TPSA) is 77.2 Å². The summed E-state index contributed by atoms with van der Waals surface area (Å²) in [6.45, 7) is 0.305. The molecule has 1 unspecified atom stereocenters. The molecule has 2 aromatic rings. The van der Waals surface area contributed by atoms with Gasteiger partial charge in [-0.3, -0.25) is 4.79 Å². The highest BCUT2D eigenvalue weighted by molar-refractivity contribution is 7.22. The first kappa shape index (κ1) is 14.2. The predicted octanol–water partition coefficient (Wildman–Crippen LogP) is 2.25. The highest BCUT2D eigenvalue weighted by Gasteiger charge is 2.13. The lowest BCUT2D eigenvalue weighted by atomic mass is 10.2. The monoisotopic (exact) mass is 299 g/mol. The summed E-state index contributed by atoms with van der Waals surface area (Å²) in [5, 5.41) is 3.94. The van der Waals surface area contributed by atoms with Crippen LogP contribution in [0, 0.1) is 0 Å². The van der Waals surface area contributed by atoms with Gasteiger partial charge in [-0.15, -0.1) is 0 Å². The molecule has 0 spiro atoms. The number of carbonyl (C=O) groups excluding carboxylic acids is 1. The van der Waals surface area contributed by atoms with Crippen molar-refractivity contribution in [2.24, 2.45) is 5.73 Å². The molecule has 0 radical (unpaired) electrons. The van der Waals surface area contributed by atoms with Gasteiger partial charge in [0.25, 0.3) is 0 Å². The van der Waals surface area contributed by atoms with Crippen LogP contribution in [0.25, 0.3) is 10.2 Å². The van der Waals surface area contributed by atoms with E-state index in [4.69, 9.17) is 22.1 Å². The van der Waals surface area contributed by atoms with Crippen LogP contribution in [0.4, 0.5) is 5.13 Å². The Hall–Kier alpha value is -1.21. The van der Waals surface area contributed by atoms with Crippen LogP contribution in [0.1, 0.15) is 6.42 Å². The van der Waals surface area contributed by atoms with Crippen molar-refractivity contribution >= 4 is 44.2 Å². The Labute approximate surface area is 119 Å². The predicted molar refractivity (Wildman–Crippen MR) is 77.7 cm³/mol. The van der Waals surface area contributed by atoms with E-state index in [2.05, 4.69) is 10.3 Å². The van der Waals surface area contributed by atoms with Crippen LogP contribution in [-0.4, -0.2) is 30.6 Å². The summed E-state index contributed by atoms with van der Waals surface area (Å²) in [4.78, 5) is 16.1. The number of nitrogens with two attached hydrogens (primary N) is 1. The van der Waals surface area contributed by atoms with Crippen LogP contribution >= 0.6 is 22.9 Å². The molecule has 1 aromatic heterocycles. The van der Waals surface area contributed by atoms with Crippen molar-refractivity contribution < 1.29 is 9.53 Å². The first-order chi connectivity index (χ1) is 9.12. The molecule has 0 aliphatic rings. The molecule has 0 bridgehead atoms. The van der Waals surface area contributed by atoms with Crippen molar-refractivity contribution in [2.45, 2.75) is 12.5 Å². The fourth-order valence-corrected chi connectivity index (χ4v) is 2.75. The molecule has 0 saturated carbocycles. The molecule has 1 heterocycles. The van der Waals surface area contributed by atoms with Gasteiger partial charge in [-0.1, -0.05) is 22.9 Å². The summed E-state index contributed by atoms with van der Waals surface area (Å²) < 4.78 is 6.00. The van der Waals surface area contributed by atoms with Gasteiger partial charge in [0.05, 0.1) is 22.7 Å². The molecule has 5 nitrogen and oxygen atoms in total. The first-order valence-corrected chi connectivity index (χ1v) is 6.90. The average Bonchev–Trinajstić information content (AvgIpc) is 2.77. The number of anilines is 1. The van der Waals surface area contributed by atoms with Crippen LogP contribution in [0.3, 0.4) is 0 Å². The van der Waals surface area contributed by atoms with E-state index in [-0.39, 0.29) is 18.4 Å². The Morgan fingerprint density at radius 1 is 1.63 bits per heavy atom. The van der Waals surface area contributed by atoms with E-state index in [0.717, 1.165) is 10.2 Å². The number of benzene rings is 1. The minimum Gasteiger partial charge on any atom is -0.380 e. The maximum atomic E-state index is 11.8. The van der Waals surface area contributed by atoms with E-state index in [1.807, 2.05) is 12.1 Å². The van der Waals surface area contributed by atoms with Crippen molar-refractivity contribution in [1.82, 2.24) is 4.98 Å². The summed E-state index contributed by atoms with van der Waals surface area (Å²) in [6, 6.07) is 5.41. The van der Waals surface area contributed by atoms with Crippen LogP contribution in [0.15, 0.2) is 18.2 Å². The molecular weight excluding hydrogens is 286 g/mol. The quantitative estimate of drug-likeness (QED) is 0.888. The molecule has 1 aromatic carbocycles. The van der Waals surface area contributed by atoms with E-state index in [1.54, 1.807) is 6.07 Å². The molecule has 3 N–H and O–H groups in total. The van der Waals surface area contributed by atoms with Crippen molar-refractivity contribution in [3.8, 4) is 0 Å². The molecule has 1 amide bonds.